The van der Waals surface area contributed by atoms with Crippen molar-refractivity contribution in [2.24, 2.45) is 0 Å². The van der Waals surface area contributed by atoms with Gasteiger partial charge in [0.25, 0.3) is 0 Å². The van der Waals surface area contributed by atoms with Crippen molar-refractivity contribution in [3.63, 3.8) is 0 Å². The van der Waals surface area contributed by atoms with Crippen molar-refractivity contribution in [2.45, 2.75) is 38.7 Å². The van der Waals surface area contributed by atoms with Crippen molar-refractivity contribution < 1.29 is 5.11 Å². The summed E-state index contributed by atoms with van der Waals surface area (Å²) in [6.45, 7) is 3.87. The second kappa shape index (κ2) is 8.52. The maximum absolute atomic E-state index is 8.99. The zero-order valence-electron chi connectivity index (χ0n) is 11.0. The fraction of sp³-hybridized carbons (Fsp3) is 0.600. The first kappa shape index (κ1) is 15.5. The third kappa shape index (κ3) is 4.97. The Morgan fingerprint density at radius 2 is 1.44 bits per heavy atom. The fourth-order valence-corrected chi connectivity index (χ4v) is 2.46. The van der Waals surface area contributed by atoms with Crippen LogP contribution in [-0.2, 0) is 13.0 Å². The lowest BCUT2D eigenvalue weighted by Gasteiger charge is -2.19. The molecule has 102 valence electrons. The number of aliphatic hydroxyl groups is 1. The number of hydrogen-bond donors (Lipinski definition) is 1. The summed E-state index contributed by atoms with van der Waals surface area (Å²) in [5.74, 6) is 0. The Labute approximate surface area is 116 Å². The minimum absolute atomic E-state index is 0. The van der Waals surface area contributed by atoms with Crippen LogP contribution in [0, 0.1) is 0 Å². The van der Waals surface area contributed by atoms with E-state index in [-0.39, 0.29) is 19.0 Å². The lowest BCUT2D eigenvalue weighted by Crippen LogP contribution is -2.26. The van der Waals surface area contributed by atoms with E-state index in [0.29, 0.717) is 0 Å². The zero-order valence-corrected chi connectivity index (χ0v) is 11.8. The van der Waals surface area contributed by atoms with E-state index in [1.54, 1.807) is 0 Å². The molecule has 0 unspecified atom stereocenters. The van der Waals surface area contributed by atoms with E-state index in [4.69, 9.17) is 5.11 Å². The summed E-state index contributed by atoms with van der Waals surface area (Å²) in [6.07, 6.45) is 6.67. The summed E-state index contributed by atoms with van der Waals surface area (Å²) >= 11 is 0. The van der Waals surface area contributed by atoms with E-state index in [1.165, 1.54) is 50.9 Å². The van der Waals surface area contributed by atoms with Crippen molar-refractivity contribution in [1.82, 2.24) is 4.90 Å². The van der Waals surface area contributed by atoms with Gasteiger partial charge < -0.3 is 10.0 Å². The molecule has 0 bridgehead atoms. The lowest BCUT2D eigenvalue weighted by molar-refractivity contribution is 0.281. The third-order valence-corrected chi connectivity index (χ3v) is 3.62. The maximum Gasteiger partial charge on any atom is 0.0681 e. The molecule has 1 aliphatic rings. The molecule has 2 nitrogen and oxygen atoms in total. The molecule has 0 amide bonds. The molecule has 0 spiro atoms. The molecule has 1 aromatic carbocycles. The van der Waals surface area contributed by atoms with Gasteiger partial charge in [-0.15, -0.1) is 12.4 Å². The molecule has 1 N–H and O–H groups in total. The second-order valence-electron chi connectivity index (χ2n) is 4.98. The highest BCUT2D eigenvalue weighted by molar-refractivity contribution is 5.85. The molecule has 1 saturated heterocycles. The number of rotatable bonds is 4. The molecule has 1 aromatic rings. The molecule has 0 atom stereocenters. The van der Waals surface area contributed by atoms with E-state index in [0.717, 1.165) is 12.0 Å². The van der Waals surface area contributed by atoms with Gasteiger partial charge in [-0.3, -0.25) is 0 Å². The van der Waals surface area contributed by atoms with Gasteiger partial charge in [0.15, 0.2) is 0 Å². The Balaban J connectivity index is 0.00000162. The number of benzene rings is 1. The second-order valence-corrected chi connectivity index (χ2v) is 4.98. The Hall–Kier alpha value is -0.570. The van der Waals surface area contributed by atoms with Gasteiger partial charge in [-0.1, -0.05) is 37.1 Å². The zero-order chi connectivity index (χ0) is 11.9. The first-order valence-corrected chi connectivity index (χ1v) is 6.79. The number of aliphatic hydroxyl groups excluding tert-OH is 1. The molecular formula is C15H24ClNO. The summed E-state index contributed by atoms with van der Waals surface area (Å²) in [7, 11) is 0. The molecule has 1 aliphatic heterocycles. The Morgan fingerprint density at radius 3 is 2.00 bits per heavy atom. The topological polar surface area (TPSA) is 23.5 Å². The molecule has 18 heavy (non-hydrogen) atoms. The summed E-state index contributed by atoms with van der Waals surface area (Å²) in [6, 6.07) is 8.34. The van der Waals surface area contributed by atoms with Crippen LogP contribution >= 0.6 is 12.4 Å². The molecule has 1 heterocycles. The summed E-state index contributed by atoms with van der Waals surface area (Å²) in [5.41, 5.74) is 2.38. The molecule has 0 saturated carbocycles. The van der Waals surface area contributed by atoms with Crippen molar-refractivity contribution in [3.05, 3.63) is 35.4 Å². The molecule has 0 radical (unpaired) electrons. The minimum atomic E-state index is 0. The summed E-state index contributed by atoms with van der Waals surface area (Å²) < 4.78 is 0. The summed E-state index contributed by atoms with van der Waals surface area (Å²) in [5, 5.41) is 8.99. The van der Waals surface area contributed by atoms with Crippen LogP contribution in [0.3, 0.4) is 0 Å². The van der Waals surface area contributed by atoms with Gasteiger partial charge in [0, 0.05) is 6.54 Å². The van der Waals surface area contributed by atoms with E-state index in [2.05, 4.69) is 17.0 Å². The Kier molecular flexibility index (Phi) is 7.33. The van der Waals surface area contributed by atoms with Crippen LogP contribution in [0.15, 0.2) is 24.3 Å². The average molecular weight is 270 g/mol. The highest BCUT2D eigenvalue weighted by Gasteiger charge is 2.08. The van der Waals surface area contributed by atoms with Crippen molar-refractivity contribution in [2.75, 3.05) is 19.6 Å². The number of likely N-dealkylation sites (tertiary alicyclic amines) is 1. The molecule has 0 aromatic heterocycles. The fourth-order valence-electron chi connectivity index (χ4n) is 2.46. The number of hydrogen-bond acceptors (Lipinski definition) is 2. The smallest absolute Gasteiger partial charge is 0.0681 e. The van der Waals surface area contributed by atoms with Gasteiger partial charge in [0.2, 0.25) is 0 Å². The monoisotopic (exact) mass is 269 g/mol. The predicted molar refractivity (Wildman–Crippen MR) is 78.2 cm³/mol. The first-order valence-electron chi connectivity index (χ1n) is 6.79. The van der Waals surface area contributed by atoms with Crippen molar-refractivity contribution in [3.8, 4) is 0 Å². The van der Waals surface area contributed by atoms with Crippen LogP contribution in [0.1, 0.15) is 36.8 Å². The average Bonchev–Trinajstić information content (AvgIpc) is 2.65. The third-order valence-electron chi connectivity index (χ3n) is 3.62. The van der Waals surface area contributed by atoms with E-state index in [1.807, 2.05) is 12.1 Å². The molecular weight excluding hydrogens is 246 g/mol. The van der Waals surface area contributed by atoms with E-state index >= 15 is 0 Å². The number of nitrogens with zero attached hydrogens (tertiary/aromatic N) is 1. The van der Waals surface area contributed by atoms with Gasteiger partial charge in [-0.25, -0.2) is 0 Å². The SMILES string of the molecule is Cl.OCc1ccc(CCN2CCCCCC2)cc1. The lowest BCUT2D eigenvalue weighted by atomic mass is 10.1. The largest absolute Gasteiger partial charge is 0.392 e. The summed E-state index contributed by atoms with van der Waals surface area (Å²) in [4.78, 5) is 2.59. The molecule has 1 fully saturated rings. The van der Waals surface area contributed by atoms with Crippen molar-refractivity contribution in [1.29, 1.82) is 0 Å². The highest BCUT2D eigenvalue weighted by atomic mass is 35.5. The Bertz CT molecular complexity index is 318. The molecule has 2 rings (SSSR count). The quantitative estimate of drug-likeness (QED) is 0.908. The van der Waals surface area contributed by atoms with Gasteiger partial charge in [-0.2, -0.15) is 0 Å². The van der Waals surface area contributed by atoms with Crippen LogP contribution in [-0.4, -0.2) is 29.6 Å². The highest BCUT2D eigenvalue weighted by Crippen LogP contribution is 2.11. The van der Waals surface area contributed by atoms with Crippen LogP contribution in [0.25, 0.3) is 0 Å². The normalized spacial score (nSPS) is 16.9. The van der Waals surface area contributed by atoms with E-state index < -0.39 is 0 Å². The van der Waals surface area contributed by atoms with Gasteiger partial charge >= 0.3 is 0 Å². The van der Waals surface area contributed by atoms with Crippen LogP contribution in [0.2, 0.25) is 0 Å². The van der Waals surface area contributed by atoms with Crippen LogP contribution < -0.4 is 0 Å². The standard InChI is InChI=1S/C15H23NO.ClH/c17-13-15-7-5-14(6-8-15)9-12-16-10-3-1-2-4-11-16;/h5-8,17H,1-4,9-13H2;1H. The van der Waals surface area contributed by atoms with Crippen molar-refractivity contribution >= 4 is 12.4 Å². The Morgan fingerprint density at radius 1 is 0.889 bits per heavy atom. The predicted octanol–water partition coefficient (Wildman–Crippen LogP) is 3.02. The molecule has 0 aliphatic carbocycles. The maximum atomic E-state index is 8.99. The van der Waals surface area contributed by atoms with E-state index in [9.17, 15) is 0 Å². The minimum Gasteiger partial charge on any atom is -0.392 e. The number of halogens is 1. The van der Waals surface area contributed by atoms with Gasteiger partial charge in [0.05, 0.1) is 6.61 Å². The van der Waals surface area contributed by atoms with Crippen LogP contribution in [0.4, 0.5) is 0 Å². The first-order chi connectivity index (χ1) is 8.38. The van der Waals surface area contributed by atoms with Crippen LogP contribution in [0.5, 0.6) is 0 Å². The van der Waals surface area contributed by atoms with Gasteiger partial charge in [0.1, 0.15) is 0 Å². The molecule has 3 heteroatoms. The van der Waals surface area contributed by atoms with Gasteiger partial charge in [-0.05, 0) is 43.5 Å².